The summed E-state index contributed by atoms with van der Waals surface area (Å²) in [5.41, 5.74) is 7.35. The van der Waals surface area contributed by atoms with Gasteiger partial charge in [0.15, 0.2) is 10.3 Å². The van der Waals surface area contributed by atoms with Crippen LogP contribution in [0.2, 0.25) is 0 Å². The van der Waals surface area contributed by atoms with Crippen molar-refractivity contribution in [3.05, 3.63) is 16.1 Å². The van der Waals surface area contributed by atoms with Crippen LogP contribution in [0, 0.1) is 5.21 Å². The molecule has 88 valence electrons. The molecule has 0 saturated heterocycles. The number of thioether (sulfide) groups is 1. The second kappa shape index (κ2) is 8.10. The average molecular weight is 271 g/mol. The van der Waals surface area contributed by atoms with Crippen LogP contribution < -0.4 is 11.2 Å². The maximum Gasteiger partial charge on any atom is 0.160 e. The maximum atomic E-state index is 10.5. The highest BCUT2D eigenvalue weighted by atomic mass is 35.5. The Labute approximate surface area is 104 Å². The molecule has 4 nitrogen and oxygen atoms in total. The van der Waals surface area contributed by atoms with Gasteiger partial charge < -0.3 is 16.4 Å². The van der Waals surface area contributed by atoms with Crippen molar-refractivity contribution in [3.8, 4) is 0 Å². The molecule has 1 atom stereocenters. The zero-order chi connectivity index (χ0) is 11.8. The smallest absolute Gasteiger partial charge is 0.160 e. The van der Waals surface area contributed by atoms with E-state index in [0.29, 0.717) is 5.17 Å². The lowest BCUT2D eigenvalue weighted by atomic mass is 10.4. The van der Waals surface area contributed by atoms with Gasteiger partial charge in [-0.3, -0.25) is 0 Å². The molecule has 0 aliphatic rings. The first kappa shape index (κ1) is 14.9. The van der Waals surface area contributed by atoms with Gasteiger partial charge >= 0.3 is 0 Å². The van der Waals surface area contributed by atoms with Gasteiger partial charge in [-0.1, -0.05) is 30.3 Å². The summed E-state index contributed by atoms with van der Waals surface area (Å²) >= 11 is 12.9. The van der Waals surface area contributed by atoms with E-state index in [2.05, 4.69) is 4.99 Å². The molecular formula is C8H14Cl2N3OS-. The highest BCUT2D eigenvalue weighted by Gasteiger charge is 2.07. The monoisotopic (exact) mass is 270 g/mol. The van der Waals surface area contributed by atoms with Gasteiger partial charge in [-0.25, -0.2) is 4.99 Å². The normalized spacial score (nSPS) is 15.9. The van der Waals surface area contributed by atoms with Gasteiger partial charge in [0, 0.05) is 5.75 Å². The van der Waals surface area contributed by atoms with E-state index in [0.717, 1.165) is 12.2 Å². The molecule has 0 aromatic heterocycles. The molecule has 0 saturated carbocycles. The molecule has 1 unspecified atom stereocenters. The number of halogens is 2. The lowest BCUT2D eigenvalue weighted by Crippen LogP contribution is -2.15. The summed E-state index contributed by atoms with van der Waals surface area (Å²) < 4.78 is 0. The molecule has 0 aliphatic carbocycles. The van der Waals surface area contributed by atoms with Gasteiger partial charge in [-0.15, -0.1) is 11.6 Å². The SMILES string of the molecule is CCCSC(N)=N/C(Cl)=C(/N[O-])C(C)Cl. The van der Waals surface area contributed by atoms with Crippen molar-refractivity contribution in [1.29, 1.82) is 0 Å². The molecular weight excluding hydrogens is 257 g/mol. The summed E-state index contributed by atoms with van der Waals surface area (Å²) in [6.45, 7) is 3.65. The Morgan fingerprint density at radius 1 is 1.67 bits per heavy atom. The number of nitrogens with zero attached hydrogens (tertiary/aromatic N) is 1. The third-order valence-corrected chi connectivity index (χ3v) is 2.90. The van der Waals surface area contributed by atoms with Crippen LogP contribution in [0.3, 0.4) is 0 Å². The summed E-state index contributed by atoms with van der Waals surface area (Å²) in [4.78, 5) is 3.86. The van der Waals surface area contributed by atoms with Gasteiger partial charge in [0.2, 0.25) is 0 Å². The molecule has 3 N–H and O–H groups in total. The molecule has 15 heavy (non-hydrogen) atoms. The van der Waals surface area contributed by atoms with Crippen LogP contribution in [0.4, 0.5) is 0 Å². The fraction of sp³-hybridized carbons (Fsp3) is 0.625. The fourth-order valence-electron chi connectivity index (χ4n) is 0.683. The molecule has 0 aromatic rings. The number of alkyl halides is 1. The Hall–Kier alpha value is -0.100. The number of aliphatic imine (C=N–C) groups is 1. The van der Waals surface area contributed by atoms with Crippen LogP contribution in [0.15, 0.2) is 15.8 Å². The number of hydrogen-bond donors (Lipinski definition) is 2. The Morgan fingerprint density at radius 2 is 2.27 bits per heavy atom. The van der Waals surface area contributed by atoms with E-state index in [1.165, 1.54) is 11.8 Å². The zero-order valence-electron chi connectivity index (χ0n) is 8.59. The molecule has 0 aliphatic heterocycles. The van der Waals surface area contributed by atoms with Crippen LogP contribution >= 0.6 is 35.0 Å². The topological polar surface area (TPSA) is 73.5 Å². The minimum Gasteiger partial charge on any atom is -0.761 e. The van der Waals surface area contributed by atoms with Gasteiger partial charge in [0.1, 0.15) is 0 Å². The molecule has 7 heteroatoms. The molecule has 0 amide bonds. The summed E-state index contributed by atoms with van der Waals surface area (Å²) in [6, 6.07) is 0. The van der Waals surface area contributed by atoms with E-state index >= 15 is 0 Å². The third-order valence-electron chi connectivity index (χ3n) is 1.39. The van der Waals surface area contributed by atoms with Crippen molar-refractivity contribution in [3.63, 3.8) is 0 Å². The number of hydrogen-bond acceptors (Lipinski definition) is 4. The van der Waals surface area contributed by atoms with Crippen molar-refractivity contribution in [2.75, 3.05) is 5.75 Å². The van der Waals surface area contributed by atoms with Gasteiger partial charge in [-0.2, -0.15) is 0 Å². The first-order chi connectivity index (χ1) is 7.02. The maximum absolute atomic E-state index is 10.5. The first-order valence-corrected chi connectivity index (χ1v) is 6.21. The van der Waals surface area contributed by atoms with Gasteiger partial charge in [-0.05, 0) is 13.3 Å². The van der Waals surface area contributed by atoms with E-state index in [9.17, 15) is 5.21 Å². The molecule has 0 spiro atoms. The van der Waals surface area contributed by atoms with E-state index in [-0.39, 0.29) is 10.9 Å². The zero-order valence-corrected chi connectivity index (χ0v) is 10.9. The molecule has 0 bridgehead atoms. The highest BCUT2D eigenvalue weighted by molar-refractivity contribution is 8.13. The van der Waals surface area contributed by atoms with Crippen LogP contribution in [-0.2, 0) is 0 Å². The number of nitrogens with one attached hydrogen (secondary N) is 1. The summed E-state index contributed by atoms with van der Waals surface area (Å²) in [6.07, 6.45) is 0.987. The Bertz CT molecular complexity index is 256. The largest absolute Gasteiger partial charge is 0.761 e. The predicted octanol–water partition coefficient (Wildman–Crippen LogP) is 2.57. The van der Waals surface area contributed by atoms with E-state index in [1.807, 2.05) is 6.92 Å². The standard InChI is InChI=1S/C8H14Cl2N3OS/c1-3-4-15-8(11)12-7(10)6(13-14)5(2)9/h5,13H,3-4H2,1-2H3,(H2,11,12)/q-1/b7-6+. The van der Waals surface area contributed by atoms with E-state index < -0.39 is 5.38 Å². The third kappa shape index (κ3) is 6.14. The second-order valence-electron chi connectivity index (χ2n) is 2.72. The minimum absolute atomic E-state index is 0.00797. The Morgan fingerprint density at radius 3 is 2.67 bits per heavy atom. The van der Waals surface area contributed by atoms with Crippen molar-refractivity contribution >= 4 is 40.1 Å². The number of nitrogens with two attached hydrogens (primary N) is 1. The average Bonchev–Trinajstić information content (AvgIpc) is 2.15. The molecule has 0 fully saturated rings. The number of rotatable bonds is 5. The van der Waals surface area contributed by atoms with Crippen molar-refractivity contribution in [1.82, 2.24) is 5.48 Å². The fourth-order valence-corrected chi connectivity index (χ4v) is 1.80. The Balaban J connectivity index is 4.59. The summed E-state index contributed by atoms with van der Waals surface area (Å²) in [5.74, 6) is 0.857. The highest BCUT2D eigenvalue weighted by Crippen LogP contribution is 2.17. The van der Waals surface area contributed by atoms with E-state index in [4.69, 9.17) is 28.9 Å². The van der Waals surface area contributed by atoms with Crippen molar-refractivity contribution < 1.29 is 0 Å². The second-order valence-corrected chi connectivity index (χ2v) is 4.85. The number of amidine groups is 1. The van der Waals surface area contributed by atoms with E-state index in [1.54, 1.807) is 12.4 Å². The quantitative estimate of drug-likeness (QED) is 0.265. The van der Waals surface area contributed by atoms with Gasteiger partial charge in [0.05, 0.1) is 11.1 Å². The lowest BCUT2D eigenvalue weighted by molar-refractivity contribution is 0.939. The van der Waals surface area contributed by atoms with Crippen molar-refractivity contribution in [2.24, 2.45) is 10.7 Å². The molecule has 0 heterocycles. The van der Waals surface area contributed by atoms with Gasteiger partial charge in [0.25, 0.3) is 0 Å². The van der Waals surface area contributed by atoms with Crippen LogP contribution in [0.25, 0.3) is 0 Å². The predicted molar refractivity (Wildman–Crippen MR) is 69.1 cm³/mol. The Kier molecular flexibility index (Phi) is 8.04. The molecule has 0 rings (SSSR count). The number of allylic oxidation sites excluding steroid dienone is 1. The first-order valence-electron chi connectivity index (χ1n) is 4.41. The molecule has 0 aromatic carbocycles. The van der Waals surface area contributed by atoms with Crippen LogP contribution in [0.1, 0.15) is 20.3 Å². The summed E-state index contributed by atoms with van der Waals surface area (Å²) in [7, 11) is 0. The van der Waals surface area contributed by atoms with Crippen LogP contribution in [0.5, 0.6) is 0 Å². The van der Waals surface area contributed by atoms with Crippen molar-refractivity contribution in [2.45, 2.75) is 25.6 Å². The lowest BCUT2D eigenvalue weighted by Gasteiger charge is -2.16. The molecule has 0 radical (unpaired) electrons. The number of hydroxylamine groups is 1. The minimum atomic E-state index is -0.525. The summed E-state index contributed by atoms with van der Waals surface area (Å²) in [5, 5.41) is 10.3. The van der Waals surface area contributed by atoms with Crippen LogP contribution in [-0.4, -0.2) is 16.3 Å².